The number of aliphatic hydroxyl groups excluding tert-OH is 1. The van der Waals surface area contributed by atoms with E-state index >= 15 is 0 Å². The predicted octanol–water partition coefficient (Wildman–Crippen LogP) is -1.66. The largest absolute Gasteiger partial charge is 0.480 e. The molecular formula is C11H23N3O6. The second kappa shape index (κ2) is 10.5. The van der Waals surface area contributed by atoms with Crippen molar-refractivity contribution in [2.24, 2.45) is 5.73 Å². The van der Waals surface area contributed by atoms with Gasteiger partial charge in [-0.15, -0.1) is 0 Å². The summed E-state index contributed by atoms with van der Waals surface area (Å²) in [7, 11) is 0. The zero-order valence-electron chi connectivity index (χ0n) is 11.2. The number of hydrogen-bond acceptors (Lipinski definition) is 7. The van der Waals surface area contributed by atoms with Crippen LogP contribution in [0.5, 0.6) is 0 Å². The maximum Gasteiger partial charge on any atom is 0.323 e. The fourth-order valence-electron chi connectivity index (χ4n) is 1.68. The highest BCUT2D eigenvalue weighted by Gasteiger charge is 2.30. The second-order valence-electron chi connectivity index (χ2n) is 4.43. The molecule has 0 aromatic heterocycles. The zero-order valence-corrected chi connectivity index (χ0v) is 11.2. The average Bonchev–Trinajstić information content (AvgIpc) is 2.81. The summed E-state index contributed by atoms with van der Waals surface area (Å²) < 4.78 is 0. The van der Waals surface area contributed by atoms with Gasteiger partial charge >= 0.3 is 11.9 Å². The van der Waals surface area contributed by atoms with Gasteiger partial charge in [0, 0.05) is 0 Å². The third kappa shape index (κ3) is 7.36. The van der Waals surface area contributed by atoms with Crippen molar-refractivity contribution in [2.75, 3.05) is 13.1 Å². The minimum Gasteiger partial charge on any atom is -0.480 e. The standard InChI is InChI=1S/C6H14N2O3.C5H9NO3/c7-4-2-1-3-5(8-11)6(9)10;7-3-1-2-6-4(3)5(8)9/h5,8,11H,1-4,7H2,(H,9,10);3-4,6-7H,1-2H2,(H,8,9). The minimum absolute atomic E-state index is 0.406. The lowest BCUT2D eigenvalue weighted by atomic mass is 10.1. The Bertz CT molecular complexity index is 302. The number of hydrogen-bond donors (Lipinski definition) is 7. The van der Waals surface area contributed by atoms with E-state index in [0.29, 0.717) is 32.4 Å². The number of aliphatic carboxylic acids is 2. The molecule has 9 heteroatoms. The topological polar surface area (TPSA) is 165 Å². The molecule has 0 aromatic carbocycles. The second-order valence-corrected chi connectivity index (χ2v) is 4.43. The summed E-state index contributed by atoms with van der Waals surface area (Å²) in [6.45, 7) is 1.15. The average molecular weight is 293 g/mol. The monoisotopic (exact) mass is 293 g/mol. The van der Waals surface area contributed by atoms with Gasteiger partial charge in [0.25, 0.3) is 0 Å². The molecule has 3 atom stereocenters. The Hall–Kier alpha value is -1.26. The molecule has 1 rings (SSSR count). The number of aliphatic hydroxyl groups is 1. The van der Waals surface area contributed by atoms with Crippen molar-refractivity contribution in [1.82, 2.24) is 10.8 Å². The Morgan fingerprint density at radius 2 is 2.00 bits per heavy atom. The maximum atomic E-state index is 10.3. The molecule has 1 fully saturated rings. The first kappa shape index (κ1) is 18.7. The van der Waals surface area contributed by atoms with Crippen molar-refractivity contribution in [3.8, 4) is 0 Å². The smallest absolute Gasteiger partial charge is 0.323 e. The third-order valence-electron chi connectivity index (χ3n) is 2.86. The SMILES string of the molecule is NCCCCC(NO)C(=O)O.O=C(O)C1NCCC1O. The molecule has 20 heavy (non-hydrogen) atoms. The fraction of sp³-hybridized carbons (Fsp3) is 0.818. The van der Waals surface area contributed by atoms with Crippen LogP contribution >= 0.6 is 0 Å². The summed E-state index contributed by atoms with van der Waals surface area (Å²) in [6, 6.07) is -1.61. The van der Waals surface area contributed by atoms with Crippen LogP contribution in [0.25, 0.3) is 0 Å². The van der Waals surface area contributed by atoms with E-state index in [4.69, 9.17) is 26.3 Å². The molecule has 0 aliphatic carbocycles. The van der Waals surface area contributed by atoms with Crippen molar-refractivity contribution < 1.29 is 30.1 Å². The molecule has 118 valence electrons. The third-order valence-corrected chi connectivity index (χ3v) is 2.86. The molecule has 0 radical (unpaired) electrons. The van der Waals surface area contributed by atoms with E-state index in [2.05, 4.69) is 5.32 Å². The van der Waals surface area contributed by atoms with Crippen LogP contribution in [0.15, 0.2) is 0 Å². The molecule has 0 amide bonds. The molecule has 1 aliphatic rings. The van der Waals surface area contributed by atoms with E-state index in [1.165, 1.54) is 0 Å². The summed E-state index contributed by atoms with van der Waals surface area (Å²) >= 11 is 0. The fourth-order valence-corrected chi connectivity index (χ4v) is 1.68. The Balaban J connectivity index is 0.000000367. The predicted molar refractivity (Wildman–Crippen MR) is 69.3 cm³/mol. The number of unbranched alkanes of at least 4 members (excludes halogenated alkanes) is 1. The van der Waals surface area contributed by atoms with Crippen molar-refractivity contribution >= 4 is 11.9 Å². The Morgan fingerprint density at radius 3 is 2.30 bits per heavy atom. The first-order chi connectivity index (χ1) is 9.43. The van der Waals surface area contributed by atoms with Crippen LogP contribution in [0.3, 0.4) is 0 Å². The highest BCUT2D eigenvalue weighted by molar-refractivity contribution is 5.74. The Kier molecular flexibility index (Phi) is 9.86. The normalized spacial score (nSPS) is 22.8. The van der Waals surface area contributed by atoms with Gasteiger partial charge in [-0.3, -0.25) is 9.59 Å². The molecule has 1 saturated heterocycles. The van der Waals surface area contributed by atoms with Crippen LogP contribution < -0.4 is 16.5 Å². The van der Waals surface area contributed by atoms with E-state index in [0.717, 1.165) is 6.42 Å². The van der Waals surface area contributed by atoms with Gasteiger partial charge in [0.2, 0.25) is 0 Å². The minimum atomic E-state index is -1.04. The summed E-state index contributed by atoms with van der Waals surface area (Å²) in [5.41, 5.74) is 6.92. The molecule has 1 aliphatic heterocycles. The number of carbonyl (C=O) groups is 2. The molecule has 3 unspecified atom stereocenters. The van der Waals surface area contributed by atoms with Crippen LogP contribution in [0.1, 0.15) is 25.7 Å². The summed E-state index contributed by atoms with van der Waals surface area (Å²) in [5.74, 6) is -2.01. The summed E-state index contributed by atoms with van der Waals surface area (Å²) in [4.78, 5) is 20.5. The quantitative estimate of drug-likeness (QED) is 0.215. The molecule has 0 saturated carbocycles. The van der Waals surface area contributed by atoms with Gasteiger partial charge in [-0.05, 0) is 38.8 Å². The van der Waals surface area contributed by atoms with E-state index in [1.807, 2.05) is 0 Å². The molecule has 0 aromatic rings. The highest BCUT2D eigenvalue weighted by atomic mass is 16.5. The van der Waals surface area contributed by atoms with Crippen LogP contribution in [0, 0.1) is 0 Å². The number of nitrogens with one attached hydrogen (secondary N) is 2. The van der Waals surface area contributed by atoms with Crippen LogP contribution in [0.2, 0.25) is 0 Å². The van der Waals surface area contributed by atoms with Crippen molar-refractivity contribution in [1.29, 1.82) is 0 Å². The molecule has 8 N–H and O–H groups in total. The van der Waals surface area contributed by atoms with Gasteiger partial charge in [0.05, 0.1) is 6.10 Å². The molecule has 9 nitrogen and oxygen atoms in total. The van der Waals surface area contributed by atoms with Gasteiger partial charge < -0.3 is 31.6 Å². The van der Waals surface area contributed by atoms with Gasteiger partial charge in [-0.2, -0.15) is 5.48 Å². The van der Waals surface area contributed by atoms with Gasteiger partial charge in [0.15, 0.2) is 0 Å². The highest BCUT2D eigenvalue weighted by Crippen LogP contribution is 2.05. The van der Waals surface area contributed by atoms with Crippen molar-refractivity contribution in [3.63, 3.8) is 0 Å². The van der Waals surface area contributed by atoms with E-state index in [-0.39, 0.29) is 0 Å². The first-order valence-corrected chi connectivity index (χ1v) is 6.40. The maximum absolute atomic E-state index is 10.3. The molecule has 1 heterocycles. The summed E-state index contributed by atoms with van der Waals surface area (Å²) in [6.07, 6.45) is 1.73. The van der Waals surface area contributed by atoms with E-state index < -0.39 is 30.1 Å². The summed E-state index contributed by atoms with van der Waals surface area (Å²) in [5, 5.41) is 36.7. The number of carboxylic acid groups (broad SMARTS) is 2. The zero-order chi connectivity index (χ0) is 15.5. The lowest BCUT2D eigenvalue weighted by Crippen LogP contribution is -2.38. The lowest BCUT2D eigenvalue weighted by Gasteiger charge is -2.08. The van der Waals surface area contributed by atoms with Crippen molar-refractivity contribution in [2.45, 2.75) is 43.9 Å². The van der Waals surface area contributed by atoms with Gasteiger partial charge in [-0.1, -0.05) is 0 Å². The lowest BCUT2D eigenvalue weighted by molar-refractivity contribution is -0.143. The molecular weight excluding hydrogens is 270 g/mol. The first-order valence-electron chi connectivity index (χ1n) is 6.40. The number of rotatable bonds is 7. The Morgan fingerprint density at radius 1 is 1.35 bits per heavy atom. The van der Waals surface area contributed by atoms with Crippen LogP contribution in [-0.4, -0.2) is 63.7 Å². The van der Waals surface area contributed by atoms with Gasteiger partial charge in [-0.25, -0.2) is 0 Å². The van der Waals surface area contributed by atoms with Crippen LogP contribution in [-0.2, 0) is 9.59 Å². The van der Waals surface area contributed by atoms with Crippen LogP contribution in [0.4, 0.5) is 0 Å². The van der Waals surface area contributed by atoms with Gasteiger partial charge in [0.1, 0.15) is 12.1 Å². The van der Waals surface area contributed by atoms with Crippen molar-refractivity contribution in [3.05, 3.63) is 0 Å². The number of nitrogens with two attached hydrogens (primary N) is 1. The molecule has 0 spiro atoms. The number of carboxylic acids is 2. The van der Waals surface area contributed by atoms with E-state index in [1.54, 1.807) is 5.48 Å². The van der Waals surface area contributed by atoms with E-state index in [9.17, 15) is 9.59 Å². The Labute approximate surface area is 116 Å². The number of hydroxylamine groups is 1. The molecule has 0 bridgehead atoms.